The van der Waals surface area contributed by atoms with E-state index in [1.54, 1.807) is 32.0 Å². The summed E-state index contributed by atoms with van der Waals surface area (Å²) in [5, 5.41) is 22.8. The van der Waals surface area contributed by atoms with Crippen LogP contribution in [0.25, 0.3) is 0 Å². The Balaban J connectivity index is 2.62. The Hall–Kier alpha value is -2.04. The van der Waals surface area contributed by atoms with Crippen LogP contribution in [0.4, 0.5) is 0 Å². The number of rotatable bonds is 6. The van der Waals surface area contributed by atoms with Crippen LogP contribution in [0, 0.1) is 11.3 Å². The Labute approximate surface area is 168 Å². The molecule has 0 bridgehead atoms. The van der Waals surface area contributed by atoms with Gasteiger partial charge in [0.25, 0.3) is 0 Å². The van der Waals surface area contributed by atoms with E-state index in [1.165, 1.54) is 7.11 Å². The van der Waals surface area contributed by atoms with Crippen molar-refractivity contribution >= 4 is 29.2 Å². The second-order valence-electron chi connectivity index (χ2n) is 5.95. The van der Waals surface area contributed by atoms with E-state index in [4.69, 9.17) is 37.9 Å². The van der Waals surface area contributed by atoms with E-state index in [-0.39, 0.29) is 23.6 Å². The lowest BCUT2D eigenvalue weighted by Gasteiger charge is -2.33. The fraction of sp³-hybridized carbons (Fsp3) is 0.368. The van der Waals surface area contributed by atoms with Crippen LogP contribution in [0.5, 0.6) is 0 Å². The van der Waals surface area contributed by atoms with Gasteiger partial charge in [-0.05, 0) is 25.5 Å². The fourth-order valence-electron chi connectivity index (χ4n) is 3.07. The monoisotopic (exact) mass is 410 g/mol. The van der Waals surface area contributed by atoms with Crippen LogP contribution in [0.1, 0.15) is 31.7 Å². The smallest absolute Gasteiger partial charge is 0.336 e. The highest BCUT2D eigenvalue weighted by Crippen LogP contribution is 2.44. The summed E-state index contributed by atoms with van der Waals surface area (Å²) in [6.45, 7) is 3.46. The summed E-state index contributed by atoms with van der Waals surface area (Å²) >= 11 is 12.6. The summed E-state index contributed by atoms with van der Waals surface area (Å²) in [6, 6.07) is 7.01. The molecule has 2 rings (SSSR count). The molecule has 2 N–H and O–H groups in total. The lowest BCUT2D eigenvalue weighted by molar-refractivity contribution is -0.139. The third-order valence-corrected chi connectivity index (χ3v) is 5.09. The maximum absolute atomic E-state index is 12.8. The van der Waals surface area contributed by atoms with Crippen molar-refractivity contribution in [2.75, 3.05) is 13.7 Å². The van der Waals surface area contributed by atoms with Crippen LogP contribution in [0.15, 0.2) is 40.7 Å². The molecule has 8 heteroatoms. The molecule has 0 fully saturated rings. The van der Waals surface area contributed by atoms with Crippen LogP contribution in [-0.4, -0.2) is 31.1 Å². The number of methoxy groups -OCH3 is 1. The number of ether oxygens (including phenoxy) is 2. The van der Waals surface area contributed by atoms with Gasteiger partial charge in [0.05, 0.1) is 28.1 Å². The van der Waals surface area contributed by atoms with Crippen molar-refractivity contribution in [1.82, 2.24) is 5.32 Å². The van der Waals surface area contributed by atoms with Crippen molar-refractivity contribution in [2.45, 2.75) is 32.5 Å². The number of allylic oxidation sites excluding steroid dienone is 2. The van der Waals surface area contributed by atoms with Gasteiger partial charge in [-0.15, -0.1) is 0 Å². The quantitative estimate of drug-likeness (QED) is 0.422. The standard InChI is InChI=1S/C19H20Cl2N2O4/c1-10-14(18(24)26-3)16(12-6-4-7-13(20)17(12)21)15(11(2)23-10)19(25)27-9-5-8-22/h4,6-7,16,18,23-24H,5,9H2,1-3H3. The first-order valence-corrected chi connectivity index (χ1v) is 8.96. The normalized spacial score (nSPS) is 18.0. The molecule has 2 unspecified atom stereocenters. The lowest BCUT2D eigenvalue weighted by Crippen LogP contribution is -2.34. The number of aliphatic hydroxyl groups is 1. The van der Waals surface area contributed by atoms with Gasteiger partial charge in [0, 0.05) is 30.0 Å². The number of nitrogens with zero attached hydrogens (tertiary/aromatic N) is 1. The SMILES string of the molecule is COC(O)C1=C(C)NC(C)=C(C(=O)OCCC#N)C1c1cccc(Cl)c1Cl. The van der Waals surface area contributed by atoms with Gasteiger partial charge in [-0.2, -0.15) is 5.26 Å². The molecule has 0 amide bonds. The van der Waals surface area contributed by atoms with Crippen LogP contribution in [0.3, 0.4) is 0 Å². The van der Waals surface area contributed by atoms with Crippen LogP contribution in [0.2, 0.25) is 10.0 Å². The molecular formula is C19H20Cl2N2O4. The van der Waals surface area contributed by atoms with Gasteiger partial charge in [-0.3, -0.25) is 0 Å². The Kier molecular flexibility index (Phi) is 7.28. The number of dihydropyridines is 1. The summed E-state index contributed by atoms with van der Waals surface area (Å²) < 4.78 is 10.3. The van der Waals surface area contributed by atoms with Crippen molar-refractivity contribution in [3.8, 4) is 6.07 Å². The van der Waals surface area contributed by atoms with Gasteiger partial charge in [0.15, 0.2) is 6.29 Å². The predicted molar refractivity (Wildman–Crippen MR) is 102 cm³/mol. The second kappa shape index (κ2) is 9.25. The molecule has 0 aromatic heterocycles. The topological polar surface area (TPSA) is 91.6 Å². The number of carbonyl (C=O) groups is 1. The van der Waals surface area contributed by atoms with Gasteiger partial charge in [-0.1, -0.05) is 35.3 Å². The third-order valence-electron chi connectivity index (χ3n) is 4.26. The van der Waals surface area contributed by atoms with Gasteiger partial charge in [-0.25, -0.2) is 4.79 Å². The highest BCUT2D eigenvalue weighted by atomic mass is 35.5. The number of nitriles is 1. The summed E-state index contributed by atoms with van der Waals surface area (Å²) in [6.07, 6.45) is -1.19. The molecule has 2 atom stereocenters. The Bertz CT molecular complexity index is 843. The summed E-state index contributed by atoms with van der Waals surface area (Å²) in [5.74, 6) is -1.33. The largest absolute Gasteiger partial charge is 0.461 e. The van der Waals surface area contributed by atoms with Crippen molar-refractivity contribution < 1.29 is 19.4 Å². The molecule has 1 aromatic carbocycles. The van der Waals surface area contributed by atoms with Crippen molar-refractivity contribution in [1.29, 1.82) is 5.26 Å². The van der Waals surface area contributed by atoms with E-state index in [1.807, 2.05) is 6.07 Å². The van der Waals surface area contributed by atoms with E-state index in [2.05, 4.69) is 5.32 Å². The number of nitrogens with one attached hydrogen (secondary N) is 1. The van der Waals surface area contributed by atoms with Crippen LogP contribution in [-0.2, 0) is 14.3 Å². The molecule has 1 heterocycles. The summed E-state index contributed by atoms with van der Waals surface area (Å²) in [4.78, 5) is 12.8. The number of hydrogen-bond acceptors (Lipinski definition) is 6. The molecule has 0 saturated heterocycles. The molecule has 6 nitrogen and oxygen atoms in total. The van der Waals surface area contributed by atoms with E-state index in [0.29, 0.717) is 27.6 Å². The zero-order valence-corrected chi connectivity index (χ0v) is 16.7. The van der Waals surface area contributed by atoms with Crippen molar-refractivity contribution in [3.05, 3.63) is 56.3 Å². The number of benzene rings is 1. The molecule has 144 valence electrons. The zero-order valence-electron chi connectivity index (χ0n) is 15.2. The van der Waals surface area contributed by atoms with Crippen molar-refractivity contribution in [3.63, 3.8) is 0 Å². The first-order chi connectivity index (χ1) is 12.8. The molecule has 0 aliphatic carbocycles. The maximum atomic E-state index is 12.8. The third kappa shape index (κ3) is 4.45. The van der Waals surface area contributed by atoms with Gasteiger partial charge >= 0.3 is 5.97 Å². The average Bonchev–Trinajstić information content (AvgIpc) is 2.63. The number of hydrogen-bond donors (Lipinski definition) is 2. The summed E-state index contributed by atoms with van der Waals surface area (Å²) in [5.41, 5.74) is 2.44. The molecule has 0 saturated carbocycles. The molecule has 0 radical (unpaired) electrons. The summed E-state index contributed by atoms with van der Waals surface area (Å²) in [7, 11) is 1.36. The Morgan fingerprint density at radius 2 is 2.07 bits per heavy atom. The number of esters is 1. The Morgan fingerprint density at radius 3 is 2.70 bits per heavy atom. The van der Waals surface area contributed by atoms with E-state index in [9.17, 15) is 9.90 Å². The molecule has 1 aliphatic heterocycles. The Morgan fingerprint density at radius 1 is 1.37 bits per heavy atom. The zero-order chi connectivity index (χ0) is 20.1. The van der Waals surface area contributed by atoms with Crippen LogP contribution >= 0.6 is 23.2 Å². The molecule has 1 aliphatic rings. The predicted octanol–water partition coefficient (Wildman–Crippen LogP) is 3.65. The fourth-order valence-corrected chi connectivity index (χ4v) is 3.49. The average molecular weight is 411 g/mol. The van der Waals surface area contributed by atoms with E-state index in [0.717, 1.165) is 0 Å². The van der Waals surface area contributed by atoms with E-state index < -0.39 is 18.2 Å². The van der Waals surface area contributed by atoms with Crippen molar-refractivity contribution in [2.24, 2.45) is 0 Å². The number of carbonyl (C=O) groups excluding carboxylic acids is 1. The minimum Gasteiger partial charge on any atom is -0.461 e. The molecular weight excluding hydrogens is 391 g/mol. The first kappa shape index (κ1) is 21.3. The molecule has 1 aromatic rings. The molecule has 0 spiro atoms. The minimum atomic E-state index is -1.27. The number of halogens is 2. The van der Waals surface area contributed by atoms with Crippen LogP contribution < -0.4 is 5.32 Å². The van der Waals surface area contributed by atoms with E-state index >= 15 is 0 Å². The lowest BCUT2D eigenvalue weighted by atomic mass is 9.80. The van der Waals surface area contributed by atoms with Gasteiger partial charge < -0.3 is 19.9 Å². The minimum absolute atomic E-state index is 0.0347. The van der Waals surface area contributed by atoms with Gasteiger partial charge in [0.1, 0.15) is 6.61 Å². The van der Waals surface area contributed by atoms with Gasteiger partial charge in [0.2, 0.25) is 0 Å². The highest BCUT2D eigenvalue weighted by molar-refractivity contribution is 6.42. The molecule has 27 heavy (non-hydrogen) atoms. The first-order valence-electron chi connectivity index (χ1n) is 8.20. The number of aliphatic hydroxyl groups excluding tert-OH is 1. The second-order valence-corrected chi connectivity index (χ2v) is 6.74. The maximum Gasteiger partial charge on any atom is 0.336 e. The highest BCUT2D eigenvalue weighted by Gasteiger charge is 2.38.